The van der Waals surface area contributed by atoms with E-state index >= 15 is 0 Å². The zero-order valence-electron chi connectivity index (χ0n) is 13.0. The molecule has 0 aliphatic carbocycles. The highest BCUT2D eigenvalue weighted by Gasteiger charge is 2.14. The van der Waals surface area contributed by atoms with Crippen LogP contribution in [-0.2, 0) is 4.74 Å². The number of nitrogens with zero attached hydrogens (tertiary/aromatic N) is 2. The second-order valence-corrected chi connectivity index (χ2v) is 5.63. The molecule has 0 saturated carbocycles. The number of hydrogen-bond acceptors (Lipinski definition) is 6. The second kappa shape index (κ2) is 7.89. The van der Waals surface area contributed by atoms with Gasteiger partial charge >= 0.3 is 0 Å². The molecule has 1 fully saturated rings. The van der Waals surface area contributed by atoms with E-state index in [1.807, 2.05) is 36.4 Å². The third-order valence-electron chi connectivity index (χ3n) is 3.81. The molecule has 23 heavy (non-hydrogen) atoms. The predicted molar refractivity (Wildman–Crippen MR) is 89.4 cm³/mol. The Kier molecular flexibility index (Phi) is 5.39. The van der Waals surface area contributed by atoms with Crippen LogP contribution in [-0.4, -0.2) is 40.9 Å². The molecule has 1 aliphatic heterocycles. The van der Waals surface area contributed by atoms with Crippen LogP contribution in [0, 0.1) is 0 Å². The van der Waals surface area contributed by atoms with Gasteiger partial charge in [0, 0.05) is 19.3 Å². The number of aliphatic hydroxyl groups excluding tert-OH is 1. The summed E-state index contributed by atoms with van der Waals surface area (Å²) in [5.41, 5.74) is 0.869. The van der Waals surface area contributed by atoms with E-state index in [0.717, 1.165) is 30.8 Å². The Labute approximate surface area is 135 Å². The standard InChI is InChI=1S/C17H22N4O2/c22-15(13-5-2-1-3-6-13)11-19-17-18-9-8-16(21-17)20-14-7-4-10-23-12-14/h1-3,5-6,8-9,14-15,22H,4,7,10-12H2,(H2,18,19,20,21)/t14-,15-/m0/s1. The van der Waals surface area contributed by atoms with Crippen molar-refractivity contribution in [3.63, 3.8) is 0 Å². The maximum Gasteiger partial charge on any atom is 0.224 e. The van der Waals surface area contributed by atoms with Crippen molar-refractivity contribution in [1.29, 1.82) is 0 Å². The van der Waals surface area contributed by atoms with E-state index in [-0.39, 0.29) is 0 Å². The fourth-order valence-electron chi connectivity index (χ4n) is 2.57. The van der Waals surface area contributed by atoms with E-state index in [4.69, 9.17) is 4.74 Å². The maximum absolute atomic E-state index is 10.2. The quantitative estimate of drug-likeness (QED) is 0.759. The summed E-state index contributed by atoms with van der Waals surface area (Å²) in [6, 6.07) is 11.7. The van der Waals surface area contributed by atoms with E-state index in [2.05, 4.69) is 20.6 Å². The number of nitrogens with one attached hydrogen (secondary N) is 2. The lowest BCUT2D eigenvalue weighted by atomic mass is 10.1. The number of rotatable bonds is 6. The molecule has 6 heteroatoms. The van der Waals surface area contributed by atoms with Gasteiger partial charge in [-0.05, 0) is 24.5 Å². The topological polar surface area (TPSA) is 79.3 Å². The maximum atomic E-state index is 10.2. The third kappa shape index (κ3) is 4.64. The van der Waals surface area contributed by atoms with E-state index in [1.165, 1.54) is 0 Å². The van der Waals surface area contributed by atoms with Crippen LogP contribution in [0.3, 0.4) is 0 Å². The fraction of sp³-hybridized carbons (Fsp3) is 0.412. The summed E-state index contributed by atoms with van der Waals surface area (Å²) < 4.78 is 5.46. The summed E-state index contributed by atoms with van der Waals surface area (Å²) in [4.78, 5) is 8.63. The summed E-state index contributed by atoms with van der Waals surface area (Å²) in [6.45, 7) is 1.91. The van der Waals surface area contributed by atoms with Gasteiger partial charge in [-0.1, -0.05) is 30.3 Å². The number of hydrogen-bond donors (Lipinski definition) is 3. The molecule has 3 N–H and O–H groups in total. The molecule has 1 saturated heterocycles. The number of aliphatic hydroxyl groups is 1. The highest BCUT2D eigenvalue weighted by Crippen LogP contribution is 2.15. The lowest BCUT2D eigenvalue weighted by Crippen LogP contribution is -2.30. The van der Waals surface area contributed by atoms with Crippen LogP contribution in [0.25, 0.3) is 0 Å². The SMILES string of the molecule is O[C@@H](CNc1nccc(N[C@H]2CCCOC2)n1)c1ccccc1. The van der Waals surface area contributed by atoms with Crippen molar-refractivity contribution in [3.05, 3.63) is 48.2 Å². The molecule has 2 heterocycles. The molecular weight excluding hydrogens is 292 g/mol. The Morgan fingerprint density at radius 2 is 2.13 bits per heavy atom. The summed E-state index contributed by atoms with van der Waals surface area (Å²) in [5, 5.41) is 16.6. The van der Waals surface area contributed by atoms with Gasteiger partial charge in [-0.15, -0.1) is 0 Å². The third-order valence-corrected chi connectivity index (χ3v) is 3.81. The summed E-state index contributed by atoms with van der Waals surface area (Å²) >= 11 is 0. The summed E-state index contributed by atoms with van der Waals surface area (Å²) in [5.74, 6) is 1.27. The highest BCUT2D eigenvalue weighted by atomic mass is 16.5. The van der Waals surface area contributed by atoms with E-state index < -0.39 is 6.10 Å². The molecule has 3 rings (SSSR count). The van der Waals surface area contributed by atoms with Gasteiger partial charge < -0.3 is 20.5 Å². The zero-order valence-corrected chi connectivity index (χ0v) is 13.0. The van der Waals surface area contributed by atoms with Crippen LogP contribution in [0.1, 0.15) is 24.5 Å². The Balaban J connectivity index is 1.55. The highest BCUT2D eigenvalue weighted by molar-refractivity contribution is 5.40. The summed E-state index contributed by atoms with van der Waals surface area (Å²) in [7, 11) is 0. The largest absolute Gasteiger partial charge is 0.387 e. The van der Waals surface area contributed by atoms with E-state index in [0.29, 0.717) is 25.1 Å². The zero-order chi connectivity index (χ0) is 15.9. The molecular formula is C17H22N4O2. The summed E-state index contributed by atoms with van der Waals surface area (Å²) in [6.07, 6.45) is 3.26. The van der Waals surface area contributed by atoms with Crippen molar-refractivity contribution < 1.29 is 9.84 Å². The van der Waals surface area contributed by atoms with Gasteiger partial charge in [-0.3, -0.25) is 0 Å². The average molecular weight is 314 g/mol. The molecule has 0 unspecified atom stereocenters. The monoisotopic (exact) mass is 314 g/mol. The van der Waals surface area contributed by atoms with Crippen LogP contribution in [0.4, 0.5) is 11.8 Å². The number of anilines is 2. The molecule has 0 amide bonds. The Morgan fingerprint density at radius 3 is 2.91 bits per heavy atom. The Hall–Kier alpha value is -2.18. The minimum Gasteiger partial charge on any atom is -0.387 e. The Morgan fingerprint density at radius 1 is 1.26 bits per heavy atom. The predicted octanol–water partition coefficient (Wildman–Crippen LogP) is 2.21. The van der Waals surface area contributed by atoms with Crippen LogP contribution in [0.5, 0.6) is 0 Å². The van der Waals surface area contributed by atoms with Crippen molar-refractivity contribution in [2.24, 2.45) is 0 Å². The van der Waals surface area contributed by atoms with Gasteiger partial charge in [0.2, 0.25) is 5.95 Å². The number of aromatic nitrogens is 2. The van der Waals surface area contributed by atoms with E-state index in [1.54, 1.807) is 6.20 Å². The first-order valence-corrected chi connectivity index (χ1v) is 7.95. The number of benzene rings is 1. The van der Waals surface area contributed by atoms with E-state index in [9.17, 15) is 5.11 Å². The minimum absolute atomic E-state index is 0.293. The van der Waals surface area contributed by atoms with Crippen molar-refractivity contribution in [2.45, 2.75) is 25.0 Å². The van der Waals surface area contributed by atoms with Crippen LogP contribution >= 0.6 is 0 Å². The minimum atomic E-state index is -0.594. The molecule has 1 aromatic carbocycles. The molecule has 0 bridgehead atoms. The van der Waals surface area contributed by atoms with Crippen molar-refractivity contribution in [3.8, 4) is 0 Å². The van der Waals surface area contributed by atoms with Crippen LogP contribution < -0.4 is 10.6 Å². The Bertz CT molecular complexity index is 603. The normalized spacial score (nSPS) is 19.1. The van der Waals surface area contributed by atoms with Gasteiger partial charge in [-0.25, -0.2) is 4.98 Å². The molecule has 2 atom stereocenters. The molecule has 122 valence electrons. The van der Waals surface area contributed by atoms with Gasteiger partial charge in [0.1, 0.15) is 5.82 Å². The van der Waals surface area contributed by atoms with Crippen LogP contribution in [0.15, 0.2) is 42.6 Å². The van der Waals surface area contributed by atoms with Gasteiger partial charge in [0.05, 0.1) is 18.8 Å². The molecule has 0 spiro atoms. The molecule has 1 aliphatic rings. The molecule has 1 aromatic heterocycles. The van der Waals surface area contributed by atoms with Gasteiger partial charge in [0.25, 0.3) is 0 Å². The first-order valence-electron chi connectivity index (χ1n) is 7.95. The first-order chi connectivity index (χ1) is 11.3. The van der Waals surface area contributed by atoms with Gasteiger partial charge in [-0.2, -0.15) is 4.98 Å². The molecule has 6 nitrogen and oxygen atoms in total. The molecule has 0 radical (unpaired) electrons. The van der Waals surface area contributed by atoms with Crippen molar-refractivity contribution >= 4 is 11.8 Å². The van der Waals surface area contributed by atoms with Gasteiger partial charge in [0.15, 0.2) is 0 Å². The first kappa shape index (κ1) is 15.7. The van der Waals surface area contributed by atoms with Crippen molar-refractivity contribution in [1.82, 2.24) is 9.97 Å². The van der Waals surface area contributed by atoms with Crippen molar-refractivity contribution in [2.75, 3.05) is 30.4 Å². The van der Waals surface area contributed by atoms with Crippen LogP contribution in [0.2, 0.25) is 0 Å². The lowest BCUT2D eigenvalue weighted by molar-refractivity contribution is 0.0875. The lowest BCUT2D eigenvalue weighted by Gasteiger charge is -2.23. The average Bonchev–Trinajstić information content (AvgIpc) is 2.62. The number of ether oxygens (including phenoxy) is 1. The molecule has 2 aromatic rings. The smallest absolute Gasteiger partial charge is 0.224 e. The second-order valence-electron chi connectivity index (χ2n) is 5.63. The fourth-order valence-corrected chi connectivity index (χ4v) is 2.57.